The summed E-state index contributed by atoms with van der Waals surface area (Å²) in [6, 6.07) is 14.3. The Morgan fingerprint density at radius 3 is 2.96 bits per heavy atom. The van der Waals surface area contributed by atoms with Gasteiger partial charge in [-0.25, -0.2) is 9.98 Å². The molecule has 3 aromatic rings. The zero-order valence-electron chi connectivity index (χ0n) is 13.8. The predicted octanol–water partition coefficient (Wildman–Crippen LogP) is 3.88. The Morgan fingerprint density at radius 1 is 1.23 bits per heavy atom. The third-order valence-electron chi connectivity index (χ3n) is 3.91. The monoisotopic (exact) mass is 361 g/mol. The Balaban J connectivity index is 1.65. The van der Waals surface area contributed by atoms with Crippen LogP contribution in [0.15, 0.2) is 66.1 Å². The Labute approximate surface area is 154 Å². The van der Waals surface area contributed by atoms with Gasteiger partial charge in [-0.15, -0.1) is 0 Å². The molecule has 0 N–H and O–H groups in total. The number of anilines is 1. The summed E-state index contributed by atoms with van der Waals surface area (Å²) < 4.78 is 7.03. The molecule has 0 spiro atoms. The Kier molecular flexibility index (Phi) is 4.58. The smallest absolute Gasteiger partial charge is 0.299 e. The number of nitriles is 1. The molecular weight excluding hydrogens is 346 g/mol. The number of aromatic nitrogens is 2. The van der Waals surface area contributed by atoms with Crippen molar-refractivity contribution < 1.29 is 4.74 Å². The van der Waals surface area contributed by atoms with Crippen LogP contribution in [0, 0.1) is 11.3 Å². The third-order valence-corrected chi connectivity index (χ3v) is 4.95. The first-order chi connectivity index (χ1) is 12.8. The summed E-state index contributed by atoms with van der Waals surface area (Å²) in [6.07, 6.45) is 7.38. The molecule has 1 unspecified atom stereocenters. The SMILES string of the molecule is N#CCC1C=CN=C(OCc2cccnc2)N1c1nc2ccccc2s1. The molecule has 0 saturated heterocycles. The van der Waals surface area contributed by atoms with E-state index in [4.69, 9.17) is 9.72 Å². The summed E-state index contributed by atoms with van der Waals surface area (Å²) in [6.45, 7) is 0.348. The number of pyridine rings is 1. The normalized spacial score (nSPS) is 16.3. The largest absolute Gasteiger partial charge is 0.460 e. The van der Waals surface area contributed by atoms with Crippen molar-refractivity contribution in [2.24, 2.45) is 4.99 Å². The average Bonchev–Trinajstić information content (AvgIpc) is 3.11. The van der Waals surface area contributed by atoms with Crippen molar-refractivity contribution in [2.75, 3.05) is 4.90 Å². The van der Waals surface area contributed by atoms with E-state index >= 15 is 0 Å². The van der Waals surface area contributed by atoms with Gasteiger partial charge in [-0.1, -0.05) is 29.5 Å². The van der Waals surface area contributed by atoms with Crippen LogP contribution in [-0.4, -0.2) is 22.0 Å². The number of hydrogen-bond donors (Lipinski definition) is 0. The van der Waals surface area contributed by atoms with Gasteiger partial charge >= 0.3 is 0 Å². The second kappa shape index (κ2) is 7.33. The quantitative estimate of drug-likeness (QED) is 0.705. The van der Waals surface area contributed by atoms with E-state index in [1.54, 1.807) is 29.9 Å². The highest BCUT2D eigenvalue weighted by Gasteiger charge is 2.28. The van der Waals surface area contributed by atoms with Crippen LogP contribution in [0.3, 0.4) is 0 Å². The van der Waals surface area contributed by atoms with Gasteiger partial charge < -0.3 is 4.74 Å². The van der Waals surface area contributed by atoms with Crippen LogP contribution in [0.1, 0.15) is 12.0 Å². The van der Waals surface area contributed by atoms with E-state index in [2.05, 4.69) is 16.0 Å². The summed E-state index contributed by atoms with van der Waals surface area (Å²) >= 11 is 1.56. The number of para-hydroxylation sites is 1. The molecule has 1 aliphatic heterocycles. The van der Waals surface area contributed by atoms with E-state index in [0.29, 0.717) is 19.0 Å². The number of aliphatic imine (C=N–C) groups is 1. The van der Waals surface area contributed by atoms with E-state index in [1.807, 2.05) is 47.4 Å². The second-order valence-corrected chi connectivity index (χ2v) is 6.68. The van der Waals surface area contributed by atoms with Crippen LogP contribution < -0.4 is 4.90 Å². The Morgan fingerprint density at radius 2 is 2.15 bits per heavy atom. The summed E-state index contributed by atoms with van der Waals surface area (Å²) in [5.74, 6) is 0. The van der Waals surface area contributed by atoms with Gasteiger partial charge in [0.15, 0.2) is 5.13 Å². The van der Waals surface area contributed by atoms with E-state index < -0.39 is 0 Å². The van der Waals surface area contributed by atoms with Crippen LogP contribution in [0.4, 0.5) is 5.13 Å². The van der Waals surface area contributed by atoms with Crippen molar-refractivity contribution in [3.8, 4) is 6.07 Å². The minimum atomic E-state index is -0.165. The number of benzene rings is 1. The van der Waals surface area contributed by atoms with Crippen molar-refractivity contribution in [3.63, 3.8) is 0 Å². The maximum absolute atomic E-state index is 9.20. The molecule has 1 aromatic carbocycles. The molecule has 26 heavy (non-hydrogen) atoms. The number of amidine groups is 1. The average molecular weight is 361 g/mol. The van der Waals surface area contributed by atoms with Crippen LogP contribution in [-0.2, 0) is 11.3 Å². The molecule has 6 nitrogen and oxygen atoms in total. The van der Waals surface area contributed by atoms with Crippen LogP contribution in [0.2, 0.25) is 0 Å². The van der Waals surface area contributed by atoms with Gasteiger partial charge in [0.25, 0.3) is 6.02 Å². The van der Waals surface area contributed by atoms with Gasteiger partial charge in [-0.3, -0.25) is 9.88 Å². The summed E-state index contributed by atoms with van der Waals surface area (Å²) in [4.78, 5) is 15.1. The number of thiazole rings is 1. The van der Waals surface area contributed by atoms with Gasteiger partial charge in [0.1, 0.15) is 6.61 Å². The predicted molar refractivity (Wildman–Crippen MR) is 102 cm³/mol. The molecule has 128 valence electrons. The summed E-state index contributed by atoms with van der Waals surface area (Å²) in [5, 5.41) is 9.97. The highest BCUT2D eigenvalue weighted by Crippen LogP contribution is 2.32. The lowest BCUT2D eigenvalue weighted by atomic mass is 10.2. The molecule has 0 radical (unpaired) electrons. The molecule has 0 saturated carbocycles. The fraction of sp³-hybridized carbons (Fsp3) is 0.158. The van der Waals surface area contributed by atoms with Crippen molar-refractivity contribution in [1.29, 1.82) is 5.26 Å². The minimum Gasteiger partial charge on any atom is -0.460 e. The first kappa shape index (κ1) is 16.2. The molecule has 0 aliphatic carbocycles. The van der Waals surface area contributed by atoms with Crippen LogP contribution in [0.25, 0.3) is 10.2 Å². The maximum atomic E-state index is 9.20. The van der Waals surface area contributed by atoms with Gasteiger partial charge in [-0.05, 0) is 24.3 Å². The zero-order chi connectivity index (χ0) is 17.8. The first-order valence-corrected chi connectivity index (χ1v) is 8.95. The van der Waals surface area contributed by atoms with Gasteiger partial charge in [-0.2, -0.15) is 5.26 Å². The second-order valence-electron chi connectivity index (χ2n) is 5.67. The molecule has 0 bridgehead atoms. The highest BCUT2D eigenvalue weighted by molar-refractivity contribution is 7.22. The van der Waals surface area contributed by atoms with Gasteiger partial charge in [0.2, 0.25) is 0 Å². The van der Waals surface area contributed by atoms with Crippen LogP contribution in [0.5, 0.6) is 0 Å². The highest BCUT2D eigenvalue weighted by atomic mass is 32.1. The first-order valence-electron chi connectivity index (χ1n) is 8.13. The molecule has 1 atom stereocenters. The van der Waals surface area contributed by atoms with Crippen LogP contribution >= 0.6 is 11.3 Å². The van der Waals surface area contributed by atoms with Gasteiger partial charge in [0, 0.05) is 24.2 Å². The minimum absolute atomic E-state index is 0.165. The zero-order valence-corrected chi connectivity index (χ0v) is 14.6. The van der Waals surface area contributed by atoms with E-state index in [-0.39, 0.29) is 6.04 Å². The fourth-order valence-electron chi connectivity index (χ4n) is 2.67. The number of ether oxygens (including phenoxy) is 1. The maximum Gasteiger partial charge on any atom is 0.299 e. The Bertz CT molecular complexity index is 972. The molecule has 1 aliphatic rings. The number of nitrogens with zero attached hydrogens (tertiary/aromatic N) is 5. The molecule has 0 amide bonds. The van der Waals surface area contributed by atoms with E-state index in [9.17, 15) is 5.26 Å². The van der Waals surface area contributed by atoms with Crippen molar-refractivity contribution >= 4 is 32.7 Å². The van der Waals surface area contributed by atoms with Gasteiger partial charge in [0.05, 0.1) is 28.7 Å². The number of fused-ring (bicyclic) bond motifs is 1. The van der Waals surface area contributed by atoms with Crippen molar-refractivity contribution in [1.82, 2.24) is 9.97 Å². The number of hydrogen-bond acceptors (Lipinski definition) is 7. The molecule has 0 fully saturated rings. The molecular formula is C19H15N5OS. The molecule has 7 heteroatoms. The summed E-state index contributed by atoms with van der Waals surface area (Å²) in [5.41, 5.74) is 1.87. The standard InChI is InChI=1S/C19H15N5OS/c20-9-7-15-8-11-22-18(25-13-14-4-3-10-21-12-14)24(15)19-23-16-5-1-2-6-17(16)26-19/h1-6,8,10-12,15H,7,13H2. The van der Waals surface area contributed by atoms with E-state index in [1.165, 1.54) is 0 Å². The van der Waals surface area contributed by atoms with Crippen molar-refractivity contribution in [2.45, 2.75) is 19.1 Å². The lowest BCUT2D eigenvalue weighted by Gasteiger charge is -2.30. The Hall–Kier alpha value is -3.24. The lowest BCUT2D eigenvalue weighted by molar-refractivity contribution is 0.281. The summed E-state index contributed by atoms with van der Waals surface area (Å²) in [7, 11) is 0. The lowest BCUT2D eigenvalue weighted by Crippen LogP contribution is -2.42. The van der Waals surface area contributed by atoms with Crippen molar-refractivity contribution in [3.05, 3.63) is 66.6 Å². The number of rotatable bonds is 4. The molecule has 4 rings (SSSR count). The van der Waals surface area contributed by atoms with E-state index in [0.717, 1.165) is 20.9 Å². The third kappa shape index (κ3) is 3.27. The topological polar surface area (TPSA) is 74.4 Å². The molecule has 2 aromatic heterocycles. The molecule has 3 heterocycles. The fourth-order valence-corrected chi connectivity index (χ4v) is 3.69.